The van der Waals surface area contributed by atoms with E-state index >= 15 is 0 Å². The average molecular weight is 367 g/mol. The highest BCUT2D eigenvalue weighted by molar-refractivity contribution is 5.78. The fraction of sp³-hybridized carbons (Fsp3) is 0.350. The van der Waals surface area contributed by atoms with Crippen molar-refractivity contribution >= 4 is 11.7 Å². The van der Waals surface area contributed by atoms with Crippen molar-refractivity contribution in [3.05, 3.63) is 59.5 Å². The summed E-state index contributed by atoms with van der Waals surface area (Å²) in [6.45, 7) is 3.38. The molecule has 1 aromatic heterocycles. The van der Waals surface area contributed by atoms with Crippen LogP contribution in [0.2, 0.25) is 0 Å². The Bertz CT molecular complexity index is 842. The minimum absolute atomic E-state index is 0.0396. The minimum Gasteiger partial charge on any atom is -0.353 e. The van der Waals surface area contributed by atoms with Gasteiger partial charge in [0.25, 0.3) is 0 Å². The fourth-order valence-corrected chi connectivity index (χ4v) is 3.14. The van der Waals surface area contributed by atoms with E-state index in [1.807, 2.05) is 0 Å². The molecule has 1 saturated heterocycles. The quantitative estimate of drug-likeness (QED) is 0.807. The Labute approximate surface area is 158 Å². The normalized spacial score (nSPS) is 14.6. The Morgan fingerprint density at radius 1 is 1.22 bits per heavy atom. The number of aromatic nitrogens is 1. The molecule has 7 heteroatoms. The number of carbonyl (C=O) groups excluding carboxylic acids is 1. The number of likely N-dealkylation sites (N-methyl/N-ethyl adjacent to an activating group) is 1. The summed E-state index contributed by atoms with van der Waals surface area (Å²) in [5.41, 5.74) is 1.07. The van der Waals surface area contributed by atoms with E-state index in [1.54, 1.807) is 48.5 Å². The summed E-state index contributed by atoms with van der Waals surface area (Å²) in [5.74, 6) is 0.360. The van der Waals surface area contributed by atoms with E-state index in [0.717, 1.165) is 0 Å². The maximum atomic E-state index is 13.8. The van der Waals surface area contributed by atoms with Gasteiger partial charge in [0.15, 0.2) is 0 Å². The predicted molar refractivity (Wildman–Crippen MR) is 100 cm³/mol. The number of piperazine rings is 1. The zero-order chi connectivity index (χ0) is 19.2. The van der Waals surface area contributed by atoms with E-state index in [0.29, 0.717) is 49.7 Å². The lowest BCUT2D eigenvalue weighted by molar-refractivity contribution is -0.131. The Balaban J connectivity index is 1.52. The topological polar surface area (TPSA) is 63.5 Å². The van der Waals surface area contributed by atoms with Crippen LogP contribution in [-0.2, 0) is 11.3 Å². The van der Waals surface area contributed by atoms with Gasteiger partial charge in [0, 0.05) is 51.5 Å². The Hall–Kier alpha value is -2.98. The third kappa shape index (κ3) is 4.60. The molecule has 140 valence electrons. The second-order valence-corrected chi connectivity index (χ2v) is 6.59. The first-order valence-corrected chi connectivity index (χ1v) is 8.88. The maximum Gasteiger partial charge on any atom is 0.236 e. The van der Waals surface area contributed by atoms with Crippen LogP contribution in [0.3, 0.4) is 0 Å². The van der Waals surface area contributed by atoms with Gasteiger partial charge >= 0.3 is 0 Å². The van der Waals surface area contributed by atoms with Gasteiger partial charge in [0.05, 0.1) is 12.1 Å². The Morgan fingerprint density at radius 3 is 2.67 bits per heavy atom. The van der Waals surface area contributed by atoms with Crippen molar-refractivity contribution in [3.63, 3.8) is 0 Å². The van der Waals surface area contributed by atoms with Crippen molar-refractivity contribution in [1.29, 1.82) is 5.26 Å². The predicted octanol–water partition coefficient (Wildman–Crippen LogP) is 1.87. The first kappa shape index (κ1) is 18.8. The van der Waals surface area contributed by atoms with Crippen LogP contribution in [0, 0.1) is 17.1 Å². The largest absolute Gasteiger partial charge is 0.353 e. The molecule has 0 N–H and O–H groups in total. The van der Waals surface area contributed by atoms with Crippen LogP contribution in [0.5, 0.6) is 0 Å². The smallest absolute Gasteiger partial charge is 0.236 e. The van der Waals surface area contributed by atoms with E-state index in [2.05, 4.69) is 20.9 Å². The number of hydrogen-bond donors (Lipinski definition) is 0. The summed E-state index contributed by atoms with van der Waals surface area (Å²) in [6.07, 6.45) is 1.68. The molecule has 0 spiro atoms. The van der Waals surface area contributed by atoms with Crippen molar-refractivity contribution in [3.8, 4) is 6.07 Å². The molecule has 2 heterocycles. The van der Waals surface area contributed by atoms with Crippen LogP contribution < -0.4 is 4.90 Å². The van der Waals surface area contributed by atoms with Gasteiger partial charge in [-0.1, -0.05) is 18.2 Å². The third-order valence-electron chi connectivity index (χ3n) is 4.73. The molecule has 0 unspecified atom stereocenters. The molecule has 1 aliphatic heterocycles. The van der Waals surface area contributed by atoms with E-state index in [9.17, 15) is 14.4 Å². The molecular formula is C20H22FN5O. The molecule has 2 aromatic rings. The lowest BCUT2D eigenvalue weighted by atomic mass is 10.2. The highest BCUT2D eigenvalue weighted by Gasteiger charge is 2.23. The summed E-state index contributed by atoms with van der Waals surface area (Å²) in [7, 11) is 1.69. The Morgan fingerprint density at radius 2 is 1.96 bits per heavy atom. The molecular weight excluding hydrogens is 345 g/mol. The van der Waals surface area contributed by atoms with Crippen molar-refractivity contribution in [2.75, 3.05) is 44.7 Å². The van der Waals surface area contributed by atoms with Crippen molar-refractivity contribution in [2.45, 2.75) is 6.54 Å². The molecule has 1 aliphatic rings. The molecule has 0 saturated carbocycles. The summed E-state index contributed by atoms with van der Waals surface area (Å²) in [5, 5.41) is 9.22. The highest BCUT2D eigenvalue weighted by atomic mass is 19.1. The lowest BCUT2D eigenvalue weighted by Gasteiger charge is -2.35. The summed E-state index contributed by atoms with van der Waals surface area (Å²) >= 11 is 0. The van der Waals surface area contributed by atoms with Crippen LogP contribution in [0.25, 0.3) is 0 Å². The summed E-state index contributed by atoms with van der Waals surface area (Å²) in [4.78, 5) is 22.5. The molecule has 0 bridgehead atoms. The standard InChI is InChI=1S/C20H22FN5O/c1-24(14-17-5-2-3-7-18(17)21)19(27)15-25-9-11-26(12-10-25)20-16(13-22)6-4-8-23-20/h2-8H,9-12,14-15H2,1H3. The Kier molecular flexibility index (Phi) is 5.99. The van der Waals surface area contributed by atoms with Gasteiger partial charge in [-0.2, -0.15) is 5.26 Å². The van der Waals surface area contributed by atoms with Gasteiger partial charge in [-0.3, -0.25) is 9.69 Å². The van der Waals surface area contributed by atoms with Gasteiger partial charge < -0.3 is 9.80 Å². The first-order chi connectivity index (χ1) is 13.1. The minimum atomic E-state index is -0.297. The molecule has 1 amide bonds. The van der Waals surface area contributed by atoms with E-state index < -0.39 is 0 Å². The molecule has 0 atom stereocenters. The number of pyridine rings is 1. The third-order valence-corrected chi connectivity index (χ3v) is 4.73. The van der Waals surface area contributed by atoms with Gasteiger partial charge in [-0.25, -0.2) is 9.37 Å². The van der Waals surface area contributed by atoms with Crippen LogP contribution in [0.15, 0.2) is 42.6 Å². The second kappa shape index (κ2) is 8.60. The molecule has 6 nitrogen and oxygen atoms in total. The van der Waals surface area contributed by atoms with Crippen molar-refractivity contribution in [2.24, 2.45) is 0 Å². The number of carbonyl (C=O) groups is 1. The number of rotatable bonds is 5. The number of nitriles is 1. The molecule has 27 heavy (non-hydrogen) atoms. The van der Waals surface area contributed by atoms with Crippen LogP contribution in [0.4, 0.5) is 10.2 Å². The number of nitrogens with zero attached hydrogens (tertiary/aromatic N) is 5. The van der Waals surface area contributed by atoms with E-state index in [1.165, 1.54) is 6.07 Å². The molecule has 1 fully saturated rings. The highest BCUT2D eigenvalue weighted by Crippen LogP contribution is 2.18. The van der Waals surface area contributed by atoms with Gasteiger partial charge in [0.1, 0.15) is 17.7 Å². The van der Waals surface area contributed by atoms with Gasteiger partial charge in [0.2, 0.25) is 5.91 Å². The van der Waals surface area contributed by atoms with Crippen LogP contribution in [-0.4, -0.2) is 60.5 Å². The fourth-order valence-electron chi connectivity index (χ4n) is 3.14. The maximum absolute atomic E-state index is 13.8. The monoisotopic (exact) mass is 367 g/mol. The van der Waals surface area contributed by atoms with Gasteiger partial charge in [-0.15, -0.1) is 0 Å². The number of anilines is 1. The molecule has 0 aliphatic carbocycles. The average Bonchev–Trinajstić information content (AvgIpc) is 2.70. The first-order valence-electron chi connectivity index (χ1n) is 8.88. The summed E-state index contributed by atoms with van der Waals surface area (Å²) in [6, 6.07) is 12.2. The number of benzene rings is 1. The van der Waals surface area contributed by atoms with Crippen molar-refractivity contribution in [1.82, 2.24) is 14.8 Å². The number of hydrogen-bond acceptors (Lipinski definition) is 5. The van der Waals surface area contributed by atoms with Crippen molar-refractivity contribution < 1.29 is 9.18 Å². The van der Waals surface area contributed by atoms with Gasteiger partial charge in [-0.05, 0) is 18.2 Å². The second-order valence-electron chi connectivity index (χ2n) is 6.59. The number of amides is 1. The SMILES string of the molecule is CN(Cc1ccccc1F)C(=O)CN1CCN(c2ncccc2C#N)CC1. The zero-order valence-electron chi connectivity index (χ0n) is 15.3. The zero-order valence-corrected chi connectivity index (χ0v) is 15.3. The van der Waals surface area contributed by atoms with Crippen LogP contribution >= 0.6 is 0 Å². The lowest BCUT2D eigenvalue weighted by Crippen LogP contribution is -2.50. The molecule has 0 radical (unpaired) electrons. The van der Waals surface area contributed by atoms with E-state index in [4.69, 9.17) is 0 Å². The molecule has 3 rings (SSSR count). The van der Waals surface area contributed by atoms with E-state index in [-0.39, 0.29) is 18.3 Å². The molecule has 1 aromatic carbocycles. The number of halogens is 1. The summed E-state index contributed by atoms with van der Waals surface area (Å²) < 4.78 is 13.8. The van der Waals surface area contributed by atoms with Crippen LogP contribution in [0.1, 0.15) is 11.1 Å².